The molecule has 4 heteroatoms. The summed E-state index contributed by atoms with van der Waals surface area (Å²) in [6.07, 6.45) is 8.47. The lowest BCUT2D eigenvalue weighted by Gasteiger charge is -2.30. The van der Waals surface area contributed by atoms with Crippen molar-refractivity contribution in [3.63, 3.8) is 0 Å². The molecule has 1 saturated carbocycles. The fraction of sp³-hybridized carbons (Fsp3) is 0.650. The maximum absolute atomic E-state index is 12.4. The van der Waals surface area contributed by atoms with Crippen molar-refractivity contribution < 1.29 is 9.90 Å². The molecule has 0 spiro atoms. The van der Waals surface area contributed by atoms with E-state index in [1.54, 1.807) is 0 Å². The first kappa shape index (κ1) is 17.4. The summed E-state index contributed by atoms with van der Waals surface area (Å²) in [6.45, 7) is 2.68. The molecule has 1 aromatic rings. The molecular formula is C20H30N2O2. The summed E-state index contributed by atoms with van der Waals surface area (Å²) in [5, 5.41) is 12.8. The van der Waals surface area contributed by atoms with Gasteiger partial charge in [-0.3, -0.25) is 9.69 Å². The summed E-state index contributed by atoms with van der Waals surface area (Å²) >= 11 is 0. The van der Waals surface area contributed by atoms with E-state index in [-0.39, 0.29) is 12.0 Å². The fourth-order valence-corrected chi connectivity index (χ4v) is 3.95. The van der Waals surface area contributed by atoms with E-state index in [2.05, 4.69) is 16.3 Å². The van der Waals surface area contributed by atoms with Crippen LogP contribution in [0.5, 0.6) is 0 Å². The summed E-state index contributed by atoms with van der Waals surface area (Å²) in [5.74, 6) is 0.720. The van der Waals surface area contributed by atoms with Crippen LogP contribution >= 0.6 is 0 Å². The summed E-state index contributed by atoms with van der Waals surface area (Å²) in [4.78, 5) is 14.8. The van der Waals surface area contributed by atoms with Gasteiger partial charge in [0.15, 0.2) is 0 Å². The lowest BCUT2D eigenvalue weighted by Crippen LogP contribution is -2.35. The monoisotopic (exact) mass is 330 g/mol. The molecule has 0 radical (unpaired) electrons. The first-order valence-corrected chi connectivity index (χ1v) is 9.49. The van der Waals surface area contributed by atoms with E-state index in [9.17, 15) is 9.90 Å². The first-order chi connectivity index (χ1) is 11.7. The van der Waals surface area contributed by atoms with Crippen molar-refractivity contribution >= 4 is 11.6 Å². The molecule has 3 rings (SSSR count). The van der Waals surface area contributed by atoms with Crippen LogP contribution in [0.3, 0.4) is 0 Å². The second-order valence-corrected chi connectivity index (χ2v) is 7.42. The van der Waals surface area contributed by atoms with E-state index in [1.807, 2.05) is 18.2 Å². The van der Waals surface area contributed by atoms with Crippen LogP contribution in [0, 0.1) is 5.92 Å². The molecule has 2 N–H and O–H groups in total. The van der Waals surface area contributed by atoms with Crippen molar-refractivity contribution in [1.29, 1.82) is 0 Å². The van der Waals surface area contributed by atoms with Gasteiger partial charge in [-0.05, 0) is 43.2 Å². The highest BCUT2D eigenvalue weighted by Crippen LogP contribution is 2.27. The molecule has 1 aromatic carbocycles. The van der Waals surface area contributed by atoms with E-state index in [0.29, 0.717) is 12.3 Å². The maximum atomic E-state index is 12.4. The molecule has 2 fully saturated rings. The van der Waals surface area contributed by atoms with Crippen LogP contribution < -0.4 is 5.32 Å². The van der Waals surface area contributed by atoms with Gasteiger partial charge in [0.05, 0.1) is 6.10 Å². The number of carbonyl (C=O) groups is 1. The number of likely N-dealkylation sites (tertiary alicyclic amines) is 1. The second-order valence-electron chi connectivity index (χ2n) is 7.42. The zero-order chi connectivity index (χ0) is 16.8. The number of para-hydroxylation sites is 1. The molecule has 1 amide bonds. The quantitative estimate of drug-likeness (QED) is 0.868. The first-order valence-electron chi connectivity index (χ1n) is 9.49. The minimum absolute atomic E-state index is 0.147. The average molecular weight is 330 g/mol. The van der Waals surface area contributed by atoms with Crippen molar-refractivity contribution in [3.8, 4) is 0 Å². The maximum Gasteiger partial charge on any atom is 0.224 e. The normalized spacial score (nSPS) is 20.9. The third-order valence-electron chi connectivity index (χ3n) is 5.44. The van der Waals surface area contributed by atoms with Crippen LogP contribution in [-0.4, -0.2) is 35.1 Å². The van der Waals surface area contributed by atoms with Crippen molar-refractivity contribution in [2.24, 2.45) is 5.92 Å². The van der Waals surface area contributed by atoms with Gasteiger partial charge in [-0.1, -0.05) is 37.5 Å². The summed E-state index contributed by atoms with van der Waals surface area (Å²) in [6, 6.07) is 8.12. The Balaban J connectivity index is 1.56. The van der Waals surface area contributed by atoms with Gasteiger partial charge >= 0.3 is 0 Å². The highest BCUT2D eigenvalue weighted by molar-refractivity contribution is 5.91. The standard InChI is InChI=1S/C20H30N2O2/c23-18-10-12-22(13-11-18)15-17-8-4-5-9-19(17)21-20(24)14-16-6-2-1-3-7-16/h4-5,8-9,16,18,23H,1-3,6-7,10-15H2,(H,21,24). The Kier molecular flexibility index (Phi) is 6.27. The predicted molar refractivity (Wildman–Crippen MR) is 96.8 cm³/mol. The van der Waals surface area contributed by atoms with Gasteiger partial charge in [-0.2, -0.15) is 0 Å². The minimum Gasteiger partial charge on any atom is -0.393 e. The van der Waals surface area contributed by atoms with Crippen LogP contribution in [0.25, 0.3) is 0 Å². The summed E-state index contributed by atoms with van der Waals surface area (Å²) in [5.41, 5.74) is 2.12. The van der Waals surface area contributed by atoms with E-state index >= 15 is 0 Å². The van der Waals surface area contributed by atoms with Gasteiger partial charge in [0, 0.05) is 31.7 Å². The predicted octanol–water partition coefficient (Wildman–Crippen LogP) is 3.55. The van der Waals surface area contributed by atoms with Crippen LogP contribution in [0.4, 0.5) is 5.69 Å². The Bertz CT molecular complexity index is 532. The zero-order valence-electron chi connectivity index (χ0n) is 14.5. The van der Waals surface area contributed by atoms with Crippen LogP contribution in [0.15, 0.2) is 24.3 Å². The summed E-state index contributed by atoms with van der Waals surface area (Å²) < 4.78 is 0. The Labute approximate surface area is 145 Å². The Hall–Kier alpha value is -1.39. The molecular weight excluding hydrogens is 300 g/mol. The van der Waals surface area contributed by atoms with Gasteiger partial charge in [-0.25, -0.2) is 0 Å². The third-order valence-corrected chi connectivity index (χ3v) is 5.44. The lowest BCUT2D eigenvalue weighted by molar-refractivity contribution is -0.117. The van der Waals surface area contributed by atoms with Crippen LogP contribution in [-0.2, 0) is 11.3 Å². The number of nitrogens with one attached hydrogen (secondary N) is 1. The van der Waals surface area contributed by atoms with Crippen molar-refractivity contribution in [2.75, 3.05) is 18.4 Å². The number of hydrogen-bond donors (Lipinski definition) is 2. The largest absolute Gasteiger partial charge is 0.393 e. The number of rotatable bonds is 5. The molecule has 0 aromatic heterocycles. The number of carbonyl (C=O) groups excluding carboxylic acids is 1. The SMILES string of the molecule is O=C(CC1CCCCC1)Nc1ccccc1CN1CCC(O)CC1. The number of aliphatic hydroxyl groups is 1. The molecule has 1 aliphatic carbocycles. The number of hydrogen-bond acceptors (Lipinski definition) is 3. The van der Waals surface area contributed by atoms with E-state index in [4.69, 9.17) is 0 Å². The van der Waals surface area contributed by atoms with E-state index in [1.165, 1.54) is 37.7 Å². The summed E-state index contributed by atoms with van der Waals surface area (Å²) in [7, 11) is 0. The molecule has 24 heavy (non-hydrogen) atoms. The number of anilines is 1. The van der Waals surface area contributed by atoms with Crippen LogP contribution in [0.2, 0.25) is 0 Å². The Morgan fingerprint density at radius 2 is 1.79 bits per heavy atom. The lowest BCUT2D eigenvalue weighted by atomic mass is 9.87. The van der Waals surface area contributed by atoms with Gasteiger partial charge in [0.2, 0.25) is 5.91 Å². The molecule has 1 saturated heterocycles. The van der Waals surface area contributed by atoms with Crippen molar-refractivity contribution in [1.82, 2.24) is 4.90 Å². The zero-order valence-corrected chi connectivity index (χ0v) is 14.5. The van der Waals surface area contributed by atoms with Gasteiger partial charge in [0.1, 0.15) is 0 Å². The third kappa shape index (κ3) is 5.05. The van der Waals surface area contributed by atoms with Crippen LogP contribution in [0.1, 0.15) is 56.9 Å². The van der Waals surface area contributed by atoms with Crippen molar-refractivity contribution in [3.05, 3.63) is 29.8 Å². The van der Waals surface area contributed by atoms with E-state index in [0.717, 1.165) is 38.2 Å². The molecule has 2 aliphatic rings. The topological polar surface area (TPSA) is 52.6 Å². The highest BCUT2D eigenvalue weighted by Gasteiger charge is 2.20. The van der Waals surface area contributed by atoms with Gasteiger partial charge in [0.25, 0.3) is 0 Å². The number of piperidine rings is 1. The Morgan fingerprint density at radius 3 is 2.54 bits per heavy atom. The molecule has 0 bridgehead atoms. The van der Waals surface area contributed by atoms with Gasteiger partial charge < -0.3 is 10.4 Å². The number of aliphatic hydroxyl groups excluding tert-OH is 1. The second kappa shape index (κ2) is 8.63. The molecule has 1 heterocycles. The molecule has 4 nitrogen and oxygen atoms in total. The highest BCUT2D eigenvalue weighted by atomic mass is 16.3. The molecule has 132 valence electrons. The molecule has 0 atom stereocenters. The smallest absolute Gasteiger partial charge is 0.224 e. The number of benzene rings is 1. The average Bonchev–Trinajstić information content (AvgIpc) is 2.59. The number of amides is 1. The molecule has 1 aliphatic heterocycles. The molecule has 0 unspecified atom stereocenters. The van der Waals surface area contributed by atoms with E-state index < -0.39 is 0 Å². The fourth-order valence-electron chi connectivity index (χ4n) is 3.95. The number of nitrogens with zero attached hydrogens (tertiary/aromatic N) is 1. The Morgan fingerprint density at radius 1 is 1.08 bits per heavy atom. The minimum atomic E-state index is -0.147. The van der Waals surface area contributed by atoms with Crippen molar-refractivity contribution in [2.45, 2.75) is 64.0 Å². The van der Waals surface area contributed by atoms with Gasteiger partial charge in [-0.15, -0.1) is 0 Å².